The maximum atomic E-state index is 3.62. The number of nitrogens with one attached hydrogen (secondary N) is 1. The van der Waals surface area contributed by atoms with Gasteiger partial charge in [-0.1, -0.05) is 34.1 Å². The molecule has 0 saturated carbocycles. The fraction of sp³-hybridized carbons (Fsp3) is 0.500. The number of halogens is 1. The van der Waals surface area contributed by atoms with Crippen LogP contribution in [0.5, 0.6) is 0 Å². The molecule has 84 valence electrons. The van der Waals surface area contributed by atoms with Gasteiger partial charge in [-0.25, -0.2) is 0 Å². The van der Waals surface area contributed by atoms with Crippen LogP contribution >= 0.6 is 27.7 Å². The highest BCUT2D eigenvalue weighted by molar-refractivity contribution is 9.10. The van der Waals surface area contributed by atoms with Crippen LogP contribution in [0.4, 0.5) is 0 Å². The predicted molar refractivity (Wildman–Crippen MR) is 73.8 cm³/mol. The van der Waals surface area contributed by atoms with E-state index in [0.29, 0.717) is 5.92 Å². The van der Waals surface area contributed by atoms with Gasteiger partial charge >= 0.3 is 0 Å². The summed E-state index contributed by atoms with van der Waals surface area (Å²) < 4.78 is 1.23. The minimum atomic E-state index is 0.609. The third kappa shape index (κ3) is 4.17. The molecule has 3 heteroatoms. The molecule has 1 unspecified atom stereocenters. The number of rotatable bonds is 6. The molecule has 0 aliphatic carbocycles. The first kappa shape index (κ1) is 13.1. The molecule has 1 aromatic rings. The van der Waals surface area contributed by atoms with E-state index in [1.165, 1.54) is 22.2 Å². The average molecular weight is 288 g/mol. The molecule has 0 amide bonds. The lowest BCUT2D eigenvalue weighted by Crippen LogP contribution is -2.18. The van der Waals surface area contributed by atoms with E-state index in [9.17, 15) is 0 Å². The Bertz CT molecular complexity index is 291. The molecule has 1 nitrogen and oxygen atoms in total. The molecule has 1 atom stereocenters. The van der Waals surface area contributed by atoms with Gasteiger partial charge in [0.05, 0.1) is 0 Å². The molecule has 0 aliphatic rings. The zero-order valence-electron chi connectivity index (χ0n) is 9.29. The summed E-state index contributed by atoms with van der Waals surface area (Å²) in [6.07, 6.45) is 3.39. The van der Waals surface area contributed by atoms with Gasteiger partial charge < -0.3 is 5.32 Å². The monoisotopic (exact) mass is 287 g/mol. The van der Waals surface area contributed by atoms with Gasteiger partial charge in [0, 0.05) is 11.0 Å². The lowest BCUT2D eigenvalue weighted by atomic mass is 9.96. The van der Waals surface area contributed by atoms with Gasteiger partial charge in [-0.05, 0) is 43.0 Å². The van der Waals surface area contributed by atoms with Gasteiger partial charge in [0.15, 0.2) is 0 Å². The molecule has 1 N–H and O–H groups in total. The van der Waals surface area contributed by atoms with Crippen LogP contribution in [0.25, 0.3) is 0 Å². The van der Waals surface area contributed by atoms with Crippen LogP contribution < -0.4 is 5.32 Å². The zero-order chi connectivity index (χ0) is 11.1. The molecular formula is C12H18BrNS. The largest absolute Gasteiger partial charge is 0.319 e. The van der Waals surface area contributed by atoms with Crippen molar-refractivity contribution in [1.82, 2.24) is 5.32 Å². The van der Waals surface area contributed by atoms with Crippen molar-refractivity contribution in [3.05, 3.63) is 34.3 Å². The first-order chi connectivity index (χ1) is 7.29. The van der Waals surface area contributed by atoms with E-state index in [0.717, 1.165) is 6.54 Å². The Balaban J connectivity index is 2.74. The van der Waals surface area contributed by atoms with Crippen molar-refractivity contribution < 1.29 is 0 Å². The summed E-state index contributed by atoms with van der Waals surface area (Å²) in [5, 5.41) is 3.27. The van der Waals surface area contributed by atoms with Gasteiger partial charge in [-0.15, -0.1) is 0 Å². The summed E-state index contributed by atoms with van der Waals surface area (Å²) in [5.41, 5.74) is 1.42. The van der Waals surface area contributed by atoms with Crippen LogP contribution in [0.2, 0.25) is 0 Å². The molecule has 1 aromatic carbocycles. The Hall–Kier alpha value is 0.01000. The van der Waals surface area contributed by atoms with Gasteiger partial charge in [-0.3, -0.25) is 0 Å². The molecule has 0 saturated heterocycles. The number of thioether (sulfide) groups is 1. The van der Waals surface area contributed by atoms with Crippen molar-refractivity contribution in [3.8, 4) is 0 Å². The van der Waals surface area contributed by atoms with E-state index in [1.807, 2.05) is 18.8 Å². The summed E-state index contributed by atoms with van der Waals surface area (Å²) >= 11 is 5.54. The van der Waals surface area contributed by atoms with Crippen molar-refractivity contribution in [3.63, 3.8) is 0 Å². The molecule has 0 aromatic heterocycles. The van der Waals surface area contributed by atoms with E-state index in [4.69, 9.17) is 0 Å². The second kappa shape index (κ2) is 7.31. The van der Waals surface area contributed by atoms with E-state index in [-0.39, 0.29) is 0 Å². The fourth-order valence-electron chi connectivity index (χ4n) is 1.68. The van der Waals surface area contributed by atoms with Gasteiger partial charge in [0.2, 0.25) is 0 Å². The molecule has 0 bridgehead atoms. The van der Waals surface area contributed by atoms with Crippen molar-refractivity contribution in [2.24, 2.45) is 0 Å². The Labute approximate surface area is 105 Å². The zero-order valence-corrected chi connectivity index (χ0v) is 11.7. The normalized spacial score (nSPS) is 12.7. The summed E-state index contributed by atoms with van der Waals surface area (Å²) in [7, 11) is 2.02. The Morgan fingerprint density at radius 1 is 1.40 bits per heavy atom. The third-order valence-electron chi connectivity index (χ3n) is 2.47. The molecular weight excluding hydrogens is 270 g/mol. The summed E-state index contributed by atoms with van der Waals surface area (Å²) in [5.74, 6) is 1.83. The molecule has 1 rings (SSSR count). The minimum Gasteiger partial charge on any atom is -0.319 e. The first-order valence-electron chi connectivity index (χ1n) is 5.17. The predicted octanol–water partition coefficient (Wildman–Crippen LogP) is 3.51. The van der Waals surface area contributed by atoms with E-state index in [2.05, 4.69) is 51.8 Å². The Kier molecular flexibility index (Phi) is 6.37. The Morgan fingerprint density at radius 2 is 2.13 bits per heavy atom. The minimum absolute atomic E-state index is 0.609. The van der Waals surface area contributed by atoms with Crippen molar-refractivity contribution in [1.29, 1.82) is 0 Å². The lowest BCUT2D eigenvalue weighted by molar-refractivity contribution is 0.614. The molecule has 0 spiro atoms. The van der Waals surface area contributed by atoms with Crippen molar-refractivity contribution >= 4 is 27.7 Å². The number of hydrogen-bond acceptors (Lipinski definition) is 2. The third-order valence-corrected chi connectivity index (χ3v) is 3.83. The molecule has 15 heavy (non-hydrogen) atoms. The molecule has 0 fully saturated rings. The number of benzene rings is 1. The molecule has 0 aliphatic heterocycles. The van der Waals surface area contributed by atoms with Crippen molar-refractivity contribution in [2.45, 2.75) is 12.3 Å². The van der Waals surface area contributed by atoms with E-state index < -0.39 is 0 Å². The topological polar surface area (TPSA) is 12.0 Å². The maximum Gasteiger partial charge on any atom is 0.0210 e. The lowest BCUT2D eigenvalue weighted by Gasteiger charge is -2.17. The van der Waals surface area contributed by atoms with Crippen LogP contribution in [-0.2, 0) is 0 Å². The summed E-state index contributed by atoms with van der Waals surface area (Å²) in [4.78, 5) is 0. The summed E-state index contributed by atoms with van der Waals surface area (Å²) in [6.45, 7) is 1.04. The number of likely N-dealkylation sites (N-methyl/N-ethyl adjacent to an activating group) is 1. The summed E-state index contributed by atoms with van der Waals surface area (Å²) in [6, 6.07) is 8.52. The highest BCUT2D eigenvalue weighted by Crippen LogP contribution is 2.27. The van der Waals surface area contributed by atoms with Crippen LogP contribution in [-0.4, -0.2) is 25.6 Å². The Morgan fingerprint density at radius 3 is 2.73 bits per heavy atom. The van der Waals surface area contributed by atoms with Gasteiger partial charge in [0.1, 0.15) is 0 Å². The highest BCUT2D eigenvalue weighted by Gasteiger charge is 2.12. The van der Waals surface area contributed by atoms with Crippen LogP contribution in [0.15, 0.2) is 28.7 Å². The quantitative estimate of drug-likeness (QED) is 0.859. The fourth-order valence-corrected chi connectivity index (χ4v) is 2.81. The second-order valence-corrected chi connectivity index (χ2v) is 5.40. The molecule has 0 radical (unpaired) electrons. The van der Waals surface area contributed by atoms with Crippen LogP contribution in [0.1, 0.15) is 17.9 Å². The standard InChI is InChI=1S/C12H18BrNS/c1-14-9-10(7-8-15-2)11-5-3-4-6-12(11)13/h3-6,10,14H,7-9H2,1-2H3. The van der Waals surface area contributed by atoms with E-state index in [1.54, 1.807) is 0 Å². The van der Waals surface area contributed by atoms with Gasteiger partial charge in [0.25, 0.3) is 0 Å². The maximum absolute atomic E-state index is 3.62. The van der Waals surface area contributed by atoms with E-state index >= 15 is 0 Å². The number of hydrogen-bond donors (Lipinski definition) is 1. The molecule has 0 heterocycles. The average Bonchev–Trinajstić information content (AvgIpc) is 2.25. The smallest absolute Gasteiger partial charge is 0.0210 e. The van der Waals surface area contributed by atoms with Crippen LogP contribution in [0, 0.1) is 0 Å². The van der Waals surface area contributed by atoms with Gasteiger partial charge in [-0.2, -0.15) is 11.8 Å². The second-order valence-electron chi connectivity index (χ2n) is 3.56. The SMILES string of the molecule is CNCC(CCSC)c1ccccc1Br. The highest BCUT2D eigenvalue weighted by atomic mass is 79.9. The first-order valence-corrected chi connectivity index (χ1v) is 7.36. The van der Waals surface area contributed by atoms with Crippen LogP contribution in [0.3, 0.4) is 0 Å². The van der Waals surface area contributed by atoms with Crippen molar-refractivity contribution in [2.75, 3.05) is 25.6 Å².